The summed E-state index contributed by atoms with van der Waals surface area (Å²) in [4.78, 5) is 11.9. The van der Waals surface area contributed by atoms with Crippen LogP contribution in [0.3, 0.4) is 0 Å². The molecular weight excluding hydrogens is 266 g/mol. The minimum absolute atomic E-state index is 0.0441. The second-order valence-electron chi connectivity index (χ2n) is 4.95. The summed E-state index contributed by atoms with van der Waals surface area (Å²) in [6.45, 7) is 1.24. The molecule has 102 valence electrons. The molecule has 19 heavy (non-hydrogen) atoms. The van der Waals surface area contributed by atoms with E-state index in [1.54, 1.807) is 12.1 Å². The Morgan fingerprint density at radius 3 is 2.47 bits per heavy atom. The fourth-order valence-electron chi connectivity index (χ4n) is 2.18. The summed E-state index contributed by atoms with van der Waals surface area (Å²) in [7, 11) is 0. The van der Waals surface area contributed by atoms with Crippen molar-refractivity contribution in [1.29, 1.82) is 0 Å². The fraction of sp³-hybridized carbons (Fsp3) is 0.500. The molecule has 1 fully saturated rings. The monoisotopic (exact) mass is 281 g/mol. The van der Waals surface area contributed by atoms with Crippen molar-refractivity contribution in [2.24, 2.45) is 5.92 Å². The lowest BCUT2D eigenvalue weighted by atomic mass is 9.85. The Labute approximate surface area is 117 Å². The molecule has 0 unspecified atom stereocenters. The maximum absolute atomic E-state index is 11.9. The Bertz CT molecular complexity index is 500. The molecule has 1 aliphatic heterocycles. The molecule has 0 aromatic heterocycles. The van der Waals surface area contributed by atoms with Crippen molar-refractivity contribution < 1.29 is 14.3 Å². The molecule has 5 heteroatoms. The minimum atomic E-state index is 0.0441. The molecule has 1 aliphatic carbocycles. The lowest BCUT2D eigenvalue weighted by Gasteiger charge is -2.24. The number of hydrogen-bond acceptors (Lipinski definition) is 3. The maximum Gasteiger partial charge on any atom is 0.227 e. The van der Waals surface area contributed by atoms with Crippen molar-refractivity contribution in [3.8, 4) is 11.5 Å². The van der Waals surface area contributed by atoms with Crippen LogP contribution in [0, 0.1) is 5.92 Å². The van der Waals surface area contributed by atoms with Crippen molar-refractivity contribution >= 4 is 23.2 Å². The minimum Gasteiger partial charge on any atom is -0.490 e. The van der Waals surface area contributed by atoms with Crippen LogP contribution in [0.2, 0.25) is 5.02 Å². The third kappa shape index (κ3) is 2.63. The van der Waals surface area contributed by atoms with Gasteiger partial charge in [0.25, 0.3) is 0 Å². The van der Waals surface area contributed by atoms with Gasteiger partial charge in [-0.05, 0) is 12.8 Å². The zero-order valence-corrected chi connectivity index (χ0v) is 11.3. The number of amides is 1. The van der Waals surface area contributed by atoms with Crippen LogP contribution in [0.5, 0.6) is 11.5 Å². The van der Waals surface area contributed by atoms with Gasteiger partial charge in [0, 0.05) is 24.5 Å². The largest absolute Gasteiger partial charge is 0.490 e. The Balaban J connectivity index is 1.80. The van der Waals surface area contributed by atoms with Crippen molar-refractivity contribution in [3.63, 3.8) is 0 Å². The predicted octanol–water partition coefficient (Wildman–Crippen LogP) is 3.24. The second kappa shape index (κ2) is 5.29. The topological polar surface area (TPSA) is 47.6 Å². The summed E-state index contributed by atoms with van der Waals surface area (Å²) in [5.74, 6) is 1.46. The van der Waals surface area contributed by atoms with Gasteiger partial charge < -0.3 is 14.8 Å². The molecule has 1 amide bonds. The van der Waals surface area contributed by atoms with Gasteiger partial charge in [0.15, 0.2) is 11.5 Å². The second-order valence-corrected chi connectivity index (χ2v) is 5.35. The van der Waals surface area contributed by atoms with E-state index >= 15 is 0 Å². The van der Waals surface area contributed by atoms with E-state index in [0.717, 1.165) is 25.7 Å². The zero-order valence-electron chi connectivity index (χ0n) is 10.6. The Kier molecular flexibility index (Phi) is 3.51. The van der Waals surface area contributed by atoms with Gasteiger partial charge in [-0.2, -0.15) is 0 Å². The van der Waals surface area contributed by atoms with E-state index in [4.69, 9.17) is 21.1 Å². The van der Waals surface area contributed by atoms with Crippen LogP contribution in [0.1, 0.15) is 25.7 Å². The highest BCUT2D eigenvalue weighted by atomic mass is 35.5. The number of fused-ring (bicyclic) bond motifs is 1. The molecule has 0 atom stereocenters. The van der Waals surface area contributed by atoms with Crippen LogP contribution in [0.25, 0.3) is 0 Å². The molecule has 0 bridgehead atoms. The van der Waals surface area contributed by atoms with Gasteiger partial charge >= 0.3 is 0 Å². The molecule has 0 spiro atoms. The van der Waals surface area contributed by atoms with Crippen LogP contribution >= 0.6 is 11.6 Å². The SMILES string of the molecule is O=C(Nc1cc2c(cc1Cl)OCCCO2)C1CCC1. The summed E-state index contributed by atoms with van der Waals surface area (Å²) in [6.07, 6.45) is 3.91. The molecule has 3 rings (SSSR count). The van der Waals surface area contributed by atoms with E-state index in [2.05, 4.69) is 5.32 Å². The molecule has 0 saturated heterocycles. The number of halogens is 1. The number of hydrogen-bond donors (Lipinski definition) is 1. The average Bonchev–Trinajstić information content (AvgIpc) is 2.52. The lowest BCUT2D eigenvalue weighted by molar-refractivity contribution is -0.122. The molecule has 1 aromatic carbocycles. The number of ether oxygens (including phenoxy) is 2. The standard InChI is InChI=1S/C14H16ClNO3/c15-10-7-12-13(19-6-2-5-18-12)8-11(10)16-14(17)9-3-1-4-9/h7-9H,1-6H2,(H,16,17). The number of benzene rings is 1. The van der Waals surface area contributed by atoms with E-state index in [1.165, 1.54) is 0 Å². The molecule has 1 heterocycles. The van der Waals surface area contributed by atoms with Gasteiger partial charge in [0.05, 0.1) is 23.9 Å². The highest BCUT2D eigenvalue weighted by molar-refractivity contribution is 6.34. The molecule has 0 radical (unpaired) electrons. The Morgan fingerprint density at radius 2 is 1.84 bits per heavy atom. The quantitative estimate of drug-likeness (QED) is 0.905. The number of nitrogens with one attached hydrogen (secondary N) is 1. The summed E-state index contributed by atoms with van der Waals surface area (Å²) >= 11 is 6.17. The third-order valence-electron chi connectivity index (χ3n) is 3.57. The zero-order chi connectivity index (χ0) is 13.2. The van der Waals surface area contributed by atoms with Gasteiger partial charge in [-0.3, -0.25) is 4.79 Å². The van der Waals surface area contributed by atoms with Crippen molar-refractivity contribution in [3.05, 3.63) is 17.2 Å². The van der Waals surface area contributed by atoms with Crippen molar-refractivity contribution in [2.75, 3.05) is 18.5 Å². The van der Waals surface area contributed by atoms with E-state index in [-0.39, 0.29) is 11.8 Å². The van der Waals surface area contributed by atoms with Gasteiger partial charge in [0.2, 0.25) is 5.91 Å². The smallest absolute Gasteiger partial charge is 0.227 e. The number of anilines is 1. The Morgan fingerprint density at radius 1 is 1.16 bits per heavy atom. The van der Waals surface area contributed by atoms with E-state index in [1.807, 2.05) is 0 Å². The summed E-state index contributed by atoms with van der Waals surface area (Å²) in [6, 6.07) is 3.46. The average molecular weight is 282 g/mol. The van der Waals surface area contributed by atoms with Crippen LogP contribution in [0.15, 0.2) is 12.1 Å². The van der Waals surface area contributed by atoms with E-state index in [9.17, 15) is 4.79 Å². The van der Waals surface area contributed by atoms with Crippen molar-refractivity contribution in [1.82, 2.24) is 0 Å². The molecule has 1 saturated carbocycles. The normalized spacial score (nSPS) is 18.4. The van der Waals surface area contributed by atoms with Gasteiger partial charge in [-0.15, -0.1) is 0 Å². The van der Waals surface area contributed by atoms with E-state index < -0.39 is 0 Å². The van der Waals surface area contributed by atoms with Gasteiger partial charge in [0.1, 0.15) is 0 Å². The van der Waals surface area contributed by atoms with Gasteiger partial charge in [-0.25, -0.2) is 0 Å². The van der Waals surface area contributed by atoms with Crippen LogP contribution < -0.4 is 14.8 Å². The maximum atomic E-state index is 11.9. The van der Waals surface area contributed by atoms with Crippen molar-refractivity contribution in [2.45, 2.75) is 25.7 Å². The molecular formula is C14H16ClNO3. The first-order chi connectivity index (χ1) is 9.24. The summed E-state index contributed by atoms with van der Waals surface area (Å²) in [5.41, 5.74) is 0.600. The van der Waals surface area contributed by atoms with Crippen LogP contribution in [-0.4, -0.2) is 19.1 Å². The fourth-order valence-corrected chi connectivity index (χ4v) is 2.39. The van der Waals surface area contributed by atoms with E-state index in [0.29, 0.717) is 35.4 Å². The van der Waals surface area contributed by atoms with Crippen LogP contribution in [0.4, 0.5) is 5.69 Å². The van der Waals surface area contributed by atoms with Crippen LogP contribution in [-0.2, 0) is 4.79 Å². The number of rotatable bonds is 2. The molecule has 4 nitrogen and oxygen atoms in total. The summed E-state index contributed by atoms with van der Waals surface area (Å²) in [5, 5.41) is 3.36. The highest BCUT2D eigenvalue weighted by Crippen LogP contribution is 2.38. The number of carbonyl (C=O) groups is 1. The molecule has 1 aromatic rings. The first-order valence-electron chi connectivity index (χ1n) is 6.64. The first kappa shape index (κ1) is 12.6. The molecule has 1 N–H and O–H groups in total. The molecule has 2 aliphatic rings. The Hall–Kier alpha value is -1.42. The predicted molar refractivity (Wildman–Crippen MR) is 73.0 cm³/mol. The first-order valence-corrected chi connectivity index (χ1v) is 7.02. The van der Waals surface area contributed by atoms with Gasteiger partial charge in [-0.1, -0.05) is 18.0 Å². The number of carbonyl (C=O) groups excluding carboxylic acids is 1. The summed E-state index contributed by atoms with van der Waals surface area (Å²) < 4.78 is 11.1. The highest BCUT2D eigenvalue weighted by Gasteiger charge is 2.26. The lowest BCUT2D eigenvalue weighted by Crippen LogP contribution is -2.28. The third-order valence-corrected chi connectivity index (χ3v) is 3.88.